The Bertz CT molecular complexity index is 230. The monoisotopic (exact) mass is 239 g/mol. The summed E-state index contributed by atoms with van der Waals surface area (Å²) >= 11 is 0. The minimum Gasteiger partial charge on any atom is -0.315 e. The van der Waals surface area contributed by atoms with Crippen molar-refractivity contribution in [2.24, 2.45) is 5.92 Å². The lowest BCUT2D eigenvalue weighted by atomic mass is 10.00. The van der Waals surface area contributed by atoms with Crippen LogP contribution >= 0.6 is 0 Å². The lowest BCUT2D eigenvalue weighted by molar-refractivity contribution is 0.0546. The van der Waals surface area contributed by atoms with E-state index >= 15 is 0 Å². The van der Waals surface area contributed by atoms with Gasteiger partial charge in [0.1, 0.15) is 0 Å². The highest BCUT2D eigenvalue weighted by Crippen LogP contribution is 2.24. The van der Waals surface area contributed by atoms with E-state index < -0.39 is 0 Å². The van der Waals surface area contributed by atoms with Gasteiger partial charge in [-0.15, -0.1) is 0 Å². The Balaban J connectivity index is 1.90. The van der Waals surface area contributed by atoms with Crippen molar-refractivity contribution in [1.82, 2.24) is 15.1 Å². The molecule has 0 bridgehead atoms. The van der Waals surface area contributed by atoms with E-state index in [0.717, 1.165) is 31.1 Å². The Hall–Kier alpha value is -0.120. The molecule has 0 spiro atoms. The third-order valence-corrected chi connectivity index (χ3v) is 4.46. The number of nitrogens with zero attached hydrogens (tertiary/aromatic N) is 2. The second-order valence-electron chi connectivity index (χ2n) is 5.95. The van der Waals surface area contributed by atoms with Gasteiger partial charge in [0.2, 0.25) is 0 Å². The molecule has 0 radical (unpaired) electrons. The van der Waals surface area contributed by atoms with Crippen LogP contribution in [-0.4, -0.2) is 61.2 Å². The summed E-state index contributed by atoms with van der Waals surface area (Å²) in [5.41, 5.74) is 0. The Morgan fingerprint density at radius 2 is 2.06 bits per heavy atom. The van der Waals surface area contributed by atoms with Gasteiger partial charge in [-0.3, -0.25) is 9.80 Å². The van der Waals surface area contributed by atoms with E-state index in [0.29, 0.717) is 0 Å². The van der Waals surface area contributed by atoms with E-state index in [1.807, 2.05) is 0 Å². The summed E-state index contributed by atoms with van der Waals surface area (Å²) in [6, 6.07) is 1.57. The molecule has 3 heteroatoms. The van der Waals surface area contributed by atoms with E-state index in [9.17, 15) is 0 Å². The van der Waals surface area contributed by atoms with Crippen LogP contribution in [0.15, 0.2) is 0 Å². The molecule has 1 N–H and O–H groups in total. The first-order chi connectivity index (χ1) is 8.22. The molecule has 2 aliphatic rings. The van der Waals surface area contributed by atoms with Crippen LogP contribution in [0, 0.1) is 5.92 Å². The first kappa shape index (κ1) is 13.3. The molecular weight excluding hydrogens is 210 g/mol. The lowest BCUT2D eigenvalue weighted by Crippen LogP contribution is -2.56. The summed E-state index contributed by atoms with van der Waals surface area (Å²) in [7, 11) is 0. The molecule has 2 aliphatic heterocycles. The molecule has 0 amide bonds. The van der Waals surface area contributed by atoms with Crippen molar-refractivity contribution in [1.29, 1.82) is 0 Å². The lowest BCUT2D eigenvalue weighted by Gasteiger charge is -2.43. The fourth-order valence-electron chi connectivity index (χ4n) is 3.40. The van der Waals surface area contributed by atoms with Crippen LogP contribution in [0.25, 0.3) is 0 Å². The fraction of sp³-hybridized carbons (Fsp3) is 1.00. The first-order valence-electron chi connectivity index (χ1n) is 7.41. The SMILES string of the molecule is CCNCC(C(C)C)N1CCN2CCCC2C1. The van der Waals surface area contributed by atoms with Crippen LogP contribution in [0.5, 0.6) is 0 Å². The molecule has 0 aromatic heterocycles. The van der Waals surface area contributed by atoms with E-state index in [1.54, 1.807) is 0 Å². The van der Waals surface area contributed by atoms with Crippen LogP contribution in [0.2, 0.25) is 0 Å². The van der Waals surface area contributed by atoms with E-state index in [2.05, 4.69) is 35.9 Å². The normalized spacial score (nSPS) is 28.6. The van der Waals surface area contributed by atoms with Gasteiger partial charge in [-0.25, -0.2) is 0 Å². The molecule has 2 unspecified atom stereocenters. The number of likely N-dealkylation sites (N-methyl/N-ethyl adjacent to an activating group) is 1. The molecule has 17 heavy (non-hydrogen) atoms. The fourth-order valence-corrected chi connectivity index (χ4v) is 3.40. The summed E-state index contributed by atoms with van der Waals surface area (Å²) in [6.45, 7) is 14.4. The molecule has 2 saturated heterocycles. The molecular formula is C14H29N3. The van der Waals surface area contributed by atoms with Crippen molar-refractivity contribution in [3.05, 3.63) is 0 Å². The van der Waals surface area contributed by atoms with Crippen molar-refractivity contribution in [3.63, 3.8) is 0 Å². The van der Waals surface area contributed by atoms with Crippen LogP contribution < -0.4 is 5.32 Å². The van der Waals surface area contributed by atoms with Crippen LogP contribution in [0.1, 0.15) is 33.6 Å². The highest BCUT2D eigenvalue weighted by Gasteiger charge is 2.33. The minimum atomic E-state index is 0.720. The summed E-state index contributed by atoms with van der Waals surface area (Å²) in [6.07, 6.45) is 2.83. The van der Waals surface area contributed by atoms with Crippen molar-refractivity contribution < 1.29 is 0 Å². The highest BCUT2D eigenvalue weighted by atomic mass is 15.3. The molecule has 2 rings (SSSR count). The topological polar surface area (TPSA) is 18.5 Å². The summed E-state index contributed by atoms with van der Waals surface area (Å²) in [4.78, 5) is 5.43. The van der Waals surface area contributed by atoms with Crippen molar-refractivity contribution >= 4 is 0 Å². The summed E-state index contributed by atoms with van der Waals surface area (Å²) < 4.78 is 0. The van der Waals surface area contributed by atoms with Gasteiger partial charge in [0, 0.05) is 38.3 Å². The second kappa shape index (κ2) is 6.17. The maximum absolute atomic E-state index is 3.53. The molecule has 2 heterocycles. The largest absolute Gasteiger partial charge is 0.315 e. The van der Waals surface area contributed by atoms with Gasteiger partial charge in [-0.1, -0.05) is 20.8 Å². The van der Waals surface area contributed by atoms with E-state index in [4.69, 9.17) is 0 Å². The number of hydrogen-bond acceptors (Lipinski definition) is 3. The molecule has 3 nitrogen and oxygen atoms in total. The molecule has 2 atom stereocenters. The van der Waals surface area contributed by atoms with Crippen LogP contribution in [0.3, 0.4) is 0 Å². The number of nitrogens with one attached hydrogen (secondary N) is 1. The standard InChI is InChI=1S/C14H29N3/c1-4-15-10-14(12(2)3)17-9-8-16-7-5-6-13(16)11-17/h12-15H,4-11H2,1-3H3. The van der Waals surface area contributed by atoms with Crippen LogP contribution in [-0.2, 0) is 0 Å². The van der Waals surface area contributed by atoms with Gasteiger partial charge < -0.3 is 5.32 Å². The zero-order valence-electron chi connectivity index (χ0n) is 11.8. The zero-order valence-corrected chi connectivity index (χ0v) is 11.8. The predicted molar refractivity (Wildman–Crippen MR) is 73.3 cm³/mol. The van der Waals surface area contributed by atoms with Gasteiger partial charge in [-0.2, -0.15) is 0 Å². The smallest absolute Gasteiger partial charge is 0.0244 e. The molecule has 100 valence electrons. The maximum atomic E-state index is 3.53. The average molecular weight is 239 g/mol. The van der Waals surface area contributed by atoms with Gasteiger partial charge in [-0.05, 0) is 31.8 Å². The van der Waals surface area contributed by atoms with E-state index in [-0.39, 0.29) is 0 Å². The van der Waals surface area contributed by atoms with Crippen molar-refractivity contribution in [2.75, 3.05) is 39.3 Å². The number of piperazine rings is 1. The second-order valence-corrected chi connectivity index (χ2v) is 5.95. The number of rotatable bonds is 5. The summed E-state index contributed by atoms with van der Waals surface area (Å²) in [5, 5.41) is 3.53. The van der Waals surface area contributed by atoms with Gasteiger partial charge in [0.25, 0.3) is 0 Å². The predicted octanol–water partition coefficient (Wildman–Crippen LogP) is 1.40. The molecule has 0 aromatic carbocycles. The van der Waals surface area contributed by atoms with Crippen molar-refractivity contribution in [2.45, 2.75) is 45.7 Å². The maximum Gasteiger partial charge on any atom is 0.0244 e. The van der Waals surface area contributed by atoms with Crippen LogP contribution in [0.4, 0.5) is 0 Å². The number of fused-ring (bicyclic) bond motifs is 1. The molecule has 0 aromatic rings. The third-order valence-electron chi connectivity index (χ3n) is 4.46. The van der Waals surface area contributed by atoms with Crippen molar-refractivity contribution in [3.8, 4) is 0 Å². The summed E-state index contributed by atoms with van der Waals surface area (Å²) in [5.74, 6) is 0.752. The van der Waals surface area contributed by atoms with Gasteiger partial charge in [0.15, 0.2) is 0 Å². The third kappa shape index (κ3) is 3.21. The quantitative estimate of drug-likeness (QED) is 0.782. The zero-order chi connectivity index (χ0) is 12.3. The molecule has 2 fully saturated rings. The minimum absolute atomic E-state index is 0.720. The Morgan fingerprint density at radius 3 is 2.76 bits per heavy atom. The van der Waals surface area contributed by atoms with Gasteiger partial charge >= 0.3 is 0 Å². The van der Waals surface area contributed by atoms with E-state index in [1.165, 1.54) is 39.0 Å². The van der Waals surface area contributed by atoms with Gasteiger partial charge in [0.05, 0.1) is 0 Å². The Morgan fingerprint density at radius 1 is 1.24 bits per heavy atom. The Kier molecular flexibility index (Phi) is 4.83. The first-order valence-corrected chi connectivity index (χ1v) is 7.41. The average Bonchev–Trinajstić information content (AvgIpc) is 2.76. The highest BCUT2D eigenvalue weighted by molar-refractivity contribution is 4.90. The number of hydrogen-bond donors (Lipinski definition) is 1. The molecule has 0 saturated carbocycles. The Labute approximate surface area is 107 Å². The molecule has 0 aliphatic carbocycles.